The molecule has 0 unspecified atom stereocenters. The van der Waals surface area contributed by atoms with Gasteiger partial charge < -0.3 is 14.4 Å². The second-order valence-electron chi connectivity index (χ2n) is 10.1. The first-order valence-corrected chi connectivity index (χ1v) is 13.8. The maximum absolute atomic E-state index is 11.6. The van der Waals surface area contributed by atoms with E-state index in [4.69, 9.17) is 21.3 Å². The van der Waals surface area contributed by atoms with Crippen molar-refractivity contribution in [2.75, 3.05) is 0 Å². The first-order chi connectivity index (χ1) is 19.1. The van der Waals surface area contributed by atoms with Gasteiger partial charge in [-0.2, -0.15) is 0 Å². The van der Waals surface area contributed by atoms with Crippen LogP contribution in [0.15, 0.2) is 91.0 Å². The molecular formula is C33H29ClN2O3. The highest BCUT2D eigenvalue weighted by atomic mass is 35.5. The number of hydrogen-bond acceptors (Lipinski definition) is 3. The number of carboxylic acid groups (broad SMARTS) is 1. The van der Waals surface area contributed by atoms with Gasteiger partial charge in [0.25, 0.3) is 0 Å². The van der Waals surface area contributed by atoms with Crippen molar-refractivity contribution < 1.29 is 14.6 Å². The van der Waals surface area contributed by atoms with E-state index >= 15 is 0 Å². The molecule has 1 fully saturated rings. The van der Waals surface area contributed by atoms with Crippen LogP contribution in [0, 0.1) is 0 Å². The van der Waals surface area contributed by atoms with Gasteiger partial charge in [0, 0.05) is 16.6 Å². The van der Waals surface area contributed by atoms with Crippen LogP contribution in [0.2, 0.25) is 5.02 Å². The Balaban J connectivity index is 1.27. The first kappa shape index (κ1) is 25.2. The molecule has 5 nitrogen and oxygen atoms in total. The Kier molecular flexibility index (Phi) is 7.08. The normalized spacial score (nSPS) is 14.0. The molecule has 0 aliphatic heterocycles. The Morgan fingerprint density at radius 2 is 1.62 bits per heavy atom. The number of carbonyl (C=O) groups is 1. The van der Waals surface area contributed by atoms with Crippen LogP contribution in [-0.2, 0) is 6.61 Å². The molecule has 1 aliphatic rings. The summed E-state index contributed by atoms with van der Waals surface area (Å²) in [5, 5.41) is 10.2. The fourth-order valence-electron chi connectivity index (χ4n) is 5.56. The summed E-state index contributed by atoms with van der Waals surface area (Å²) >= 11 is 6.08. The predicted octanol–water partition coefficient (Wildman–Crippen LogP) is 8.81. The molecule has 1 aromatic heterocycles. The molecule has 4 aromatic carbocycles. The average molecular weight is 537 g/mol. The van der Waals surface area contributed by atoms with E-state index in [0.29, 0.717) is 17.7 Å². The fraction of sp³-hybridized carbons (Fsp3) is 0.212. The van der Waals surface area contributed by atoms with Gasteiger partial charge in [-0.15, -0.1) is 0 Å². The second-order valence-corrected chi connectivity index (χ2v) is 10.5. The summed E-state index contributed by atoms with van der Waals surface area (Å²) in [5.74, 6) is 0.710. The van der Waals surface area contributed by atoms with E-state index in [2.05, 4.69) is 16.7 Å². The molecule has 196 valence electrons. The Bertz CT molecular complexity index is 1620. The van der Waals surface area contributed by atoms with Gasteiger partial charge in [0.15, 0.2) is 0 Å². The van der Waals surface area contributed by atoms with E-state index in [0.717, 1.165) is 57.7 Å². The van der Waals surface area contributed by atoms with Crippen LogP contribution in [-0.4, -0.2) is 20.6 Å². The summed E-state index contributed by atoms with van der Waals surface area (Å²) in [4.78, 5) is 16.5. The number of hydrogen-bond donors (Lipinski definition) is 1. The minimum atomic E-state index is -0.940. The number of ether oxygens (including phenoxy) is 1. The second kappa shape index (κ2) is 11.0. The van der Waals surface area contributed by atoms with Crippen molar-refractivity contribution in [2.45, 2.75) is 44.8 Å². The number of aromatic carboxylic acids is 1. The zero-order valence-electron chi connectivity index (χ0n) is 21.5. The lowest BCUT2D eigenvalue weighted by atomic mass is 9.95. The lowest BCUT2D eigenvalue weighted by molar-refractivity contribution is 0.0697. The van der Waals surface area contributed by atoms with E-state index in [1.54, 1.807) is 12.1 Å². The van der Waals surface area contributed by atoms with Crippen LogP contribution >= 0.6 is 11.6 Å². The summed E-state index contributed by atoms with van der Waals surface area (Å²) in [6, 6.07) is 29.7. The number of nitrogens with zero attached hydrogens (tertiary/aromatic N) is 2. The monoisotopic (exact) mass is 536 g/mol. The van der Waals surface area contributed by atoms with Crippen LogP contribution in [0.25, 0.3) is 33.5 Å². The first-order valence-electron chi connectivity index (χ1n) is 13.4. The summed E-state index contributed by atoms with van der Waals surface area (Å²) in [6.45, 7) is 0.441. The number of halogens is 1. The van der Waals surface area contributed by atoms with Gasteiger partial charge >= 0.3 is 5.97 Å². The van der Waals surface area contributed by atoms with E-state index in [1.807, 2.05) is 66.7 Å². The number of benzene rings is 4. The van der Waals surface area contributed by atoms with Crippen LogP contribution in [0.5, 0.6) is 5.75 Å². The zero-order valence-corrected chi connectivity index (χ0v) is 22.3. The third-order valence-electron chi connectivity index (χ3n) is 7.56. The largest absolute Gasteiger partial charge is 0.489 e. The molecule has 1 N–H and O–H groups in total. The third-order valence-corrected chi connectivity index (χ3v) is 7.81. The molecule has 0 spiro atoms. The van der Waals surface area contributed by atoms with Crippen molar-refractivity contribution in [1.82, 2.24) is 9.55 Å². The minimum absolute atomic E-state index is 0.255. The van der Waals surface area contributed by atoms with E-state index in [9.17, 15) is 9.90 Å². The third kappa shape index (κ3) is 5.27. The smallest absolute Gasteiger partial charge is 0.335 e. The van der Waals surface area contributed by atoms with Crippen LogP contribution < -0.4 is 4.74 Å². The molecule has 5 aromatic rings. The number of imidazole rings is 1. The predicted molar refractivity (Wildman–Crippen MR) is 155 cm³/mol. The molecule has 0 bridgehead atoms. The van der Waals surface area contributed by atoms with Crippen LogP contribution in [0.4, 0.5) is 0 Å². The molecule has 6 heteroatoms. The van der Waals surface area contributed by atoms with Crippen molar-refractivity contribution in [3.8, 4) is 28.3 Å². The average Bonchev–Trinajstić information content (AvgIpc) is 3.36. The summed E-state index contributed by atoms with van der Waals surface area (Å²) in [6.07, 6.45) is 5.86. The zero-order chi connectivity index (χ0) is 26.8. The van der Waals surface area contributed by atoms with E-state index in [1.165, 1.54) is 19.3 Å². The Hall–Kier alpha value is -4.09. The minimum Gasteiger partial charge on any atom is -0.489 e. The van der Waals surface area contributed by atoms with Crippen molar-refractivity contribution in [3.63, 3.8) is 0 Å². The van der Waals surface area contributed by atoms with Crippen molar-refractivity contribution in [2.24, 2.45) is 0 Å². The topological polar surface area (TPSA) is 64.3 Å². The van der Waals surface area contributed by atoms with Gasteiger partial charge in [0.05, 0.1) is 16.6 Å². The fourth-order valence-corrected chi connectivity index (χ4v) is 5.69. The molecule has 0 saturated heterocycles. The number of carboxylic acids is 1. The maximum atomic E-state index is 11.6. The summed E-state index contributed by atoms with van der Waals surface area (Å²) in [5.41, 5.74) is 6.26. The summed E-state index contributed by atoms with van der Waals surface area (Å²) in [7, 11) is 0. The van der Waals surface area contributed by atoms with E-state index < -0.39 is 5.97 Å². The number of aromatic nitrogens is 2. The van der Waals surface area contributed by atoms with Gasteiger partial charge in [-0.3, -0.25) is 0 Å². The highest BCUT2D eigenvalue weighted by Crippen LogP contribution is 2.36. The molecule has 39 heavy (non-hydrogen) atoms. The molecule has 0 radical (unpaired) electrons. The van der Waals surface area contributed by atoms with Gasteiger partial charge in [-0.1, -0.05) is 67.3 Å². The van der Waals surface area contributed by atoms with Gasteiger partial charge in [0.2, 0.25) is 0 Å². The SMILES string of the molecule is O=C(O)c1ccc2c(c1)nc(-c1ccc(OCc3ccccc3-c3ccc(Cl)cc3)cc1)n2C1CCCCC1. The molecule has 1 aliphatic carbocycles. The lowest BCUT2D eigenvalue weighted by Crippen LogP contribution is -2.14. The van der Waals surface area contributed by atoms with Crippen LogP contribution in [0.3, 0.4) is 0 Å². The van der Waals surface area contributed by atoms with Gasteiger partial charge in [-0.25, -0.2) is 9.78 Å². The molecule has 0 amide bonds. The van der Waals surface area contributed by atoms with Crippen molar-refractivity contribution in [3.05, 3.63) is 107 Å². The number of fused-ring (bicyclic) bond motifs is 1. The molecule has 1 saturated carbocycles. The highest BCUT2D eigenvalue weighted by molar-refractivity contribution is 6.30. The molecule has 6 rings (SSSR count). The highest BCUT2D eigenvalue weighted by Gasteiger charge is 2.23. The van der Waals surface area contributed by atoms with Crippen LogP contribution in [0.1, 0.15) is 54.1 Å². The Labute approximate surface area is 232 Å². The standard InChI is InChI=1S/C33H29ClN2O3/c34-26-15-10-22(11-16-26)29-9-5-4-6-25(29)21-39-28-17-12-23(13-18-28)32-35-30-20-24(33(37)38)14-19-31(30)36(32)27-7-2-1-3-8-27/h4-6,9-20,27H,1-3,7-8,21H2,(H,37,38). The Morgan fingerprint density at radius 3 is 2.36 bits per heavy atom. The Morgan fingerprint density at radius 1 is 0.897 bits per heavy atom. The number of rotatable bonds is 7. The summed E-state index contributed by atoms with van der Waals surface area (Å²) < 4.78 is 8.52. The van der Waals surface area contributed by atoms with Gasteiger partial charge in [0.1, 0.15) is 18.2 Å². The quantitative estimate of drug-likeness (QED) is 0.226. The van der Waals surface area contributed by atoms with E-state index in [-0.39, 0.29) is 5.56 Å². The van der Waals surface area contributed by atoms with Crippen molar-refractivity contribution >= 4 is 28.6 Å². The van der Waals surface area contributed by atoms with Gasteiger partial charge in [-0.05, 0) is 84.1 Å². The molecule has 1 heterocycles. The molecular weight excluding hydrogens is 508 g/mol. The van der Waals surface area contributed by atoms with Crippen molar-refractivity contribution in [1.29, 1.82) is 0 Å². The maximum Gasteiger partial charge on any atom is 0.335 e. The lowest BCUT2D eigenvalue weighted by Gasteiger charge is -2.25. The molecule has 0 atom stereocenters.